The molecule has 0 atom stereocenters. The molecule has 15 heavy (non-hydrogen) atoms. The van der Waals surface area contributed by atoms with Gasteiger partial charge in [-0.2, -0.15) is 0 Å². The van der Waals surface area contributed by atoms with Crippen molar-refractivity contribution in [2.75, 3.05) is 13.2 Å². The van der Waals surface area contributed by atoms with Crippen LogP contribution in [0.4, 0.5) is 0 Å². The van der Waals surface area contributed by atoms with Crippen LogP contribution in [0.25, 0.3) is 0 Å². The quantitative estimate of drug-likeness (QED) is 0.652. The van der Waals surface area contributed by atoms with E-state index < -0.39 is 0 Å². The van der Waals surface area contributed by atoms with Crippen LogP contribution >= 0.6 is 0 Å². The lowest BCUT2D eigenvalue weighted by Crippen LogP contribution is -2.26. The summed E-state index contributed by atoms with van der Waals surface area (Å²) < 4.78 is 5.30. The third kappa shape index (κ3) is 3.13. The number of carbonyl (C=O) groups is 2. The average Bonchev–Trinajstić information content (AvgIpc) is 2.17. The molecule has 1 saturated carbocycles. The molecule has 0 aromatic carbocycles. The van der Waals surface area contributed by atoms with Crippen molar-refractivity contribution in [1.82, 2.24) is 0 Å². The van der Waals surface area contributed by atoms with E-state index in [0.29, 0.717) is 24.7 Å². The van der Waals surface area contributed by atoms with Gasteiger partial charge < -0.3 is 4.74 Å². The van der Waals surface area contributed by atoms with Gasteiger partial charge in [-0.25, -0.2) is 0 Å². The van der Waals surface area contributed by atoms with Gasteiger partial charge in [0.1, 0.15) is 11.6 Å². The second-order valence-corrected chi connectivity index (χ2v) is 4.82. The van der Waals surface area contributed by atoms with E-state index >= 15 is 0 Å². The van der Waals surface area contributed by atoms with E-state index in [2.05, 4.69) is 0 Å². The minimum atomic E-state index is 0.142. The summed E-state index contributed by atoms with van der Waals surface area (Å²) in [6.07, 6.45) is 4.68. The van der Waals surface area contributed by atoms with Crippen molar-refractivity contribution >= 4 is 11.6 Å². The molecule has 0 N–H and O–H groups in total. The molecule has 0 unspecified atom stereocenters. The van der Waals surface area contributed by atoms with Crippen molar-refractivity contribution in [2.24, 2.45) is 11.8 Å². The lowest BCUT2D eigenvalue weighted by Gasteiger charge is -2.27. The second kappa shape index (κ2) is 4.88. The Hall–Kier alpha value is -0.700. The first-order valence-corrected chi connectivity index (χ1v) is 5.85. The number of hydrogen-bond donors (Lipinski definition) is 0. The van der Waals surface area contributed by atoms with Crippen LogP contribution in [0.15, 0.2) is 0 Å². The van der Waals surface area contributed by atoms with E-state index in [-0.39, 0.29) is 18.0 Å². The van der Waals surface area contributed by atoms with Crippen LogP contribution in [-0.2, 0) is 14.3 Å². The Morgan fingerprint density at radius 1 is 1.00 bits per heavy atom. The van der Waals surface area contributed by atoms with E-state index in [1.165, 1.54) is 0 Å². The Labute approximate surface area is 90.2 Å². The van der Waals surface area contributed by atoms with Gasteiger partial charge in [0.2, 0.25) is 0 Å². The summed E-state index contributed by atoms with van der Waals surface area (Å²) in [7, 11) is 0. The van der Waals surface area contributed by atoms with E-state index in [4.69, 9.17) is 4.74 Å². The Balaban J connectivity index is 1.82. The van der Waals surface area contributed by atoms with Crippen molar-refractivity contribution in [1.29, 1.82) is 0 Å². The highest BCUT2D eigenvalue weighted by atomic mass is 16.5. The number of carbonyl (C=O) groups excluding carboxylic acids is 2. The Kier molecular flexibility index (Phi) is 3.52. The van der Waals surface area contributed by atoms with Crippen LogP contribution in [0, 0.1) is 11.8 Å². The topological polar surface area (TPSA) is 43.4 Å². The molecule has 3 nitrogen and oxygen atoms in total. The molecule has 0 aromatic heterocycles. The number of ether oxygens (including phenoxy) is 1. The van der Waals surface area contributed by atoms with Crippen LogP contribution in [0.1, 0.15) is 38.5 Å². The normalized spacial score (nSPS) is 25.9. The maximum atomic E-state index is 11.3. The highest BCUT2D eigenvalue weighted by molar-refractivity contribution is 6.01. The van der Waals surface area contributed by atoms with Crippen molar-refractivity contribution in [2.45, 2.75) is 38.5 Å². The first-order valence-electron chi connectivity index (χ1n) is 5.85. The first kappa shape index (κ1) is 10.8. The molecule has 1 aliphatic heterocycles. The third-order valence-electron chi connectivity index (χ3n) is 3.43. The van der Waals surface area contributed by atoms with E-state index in [9.17, 15) is 9.59 Å². The molecule has 1 heterocycles. The van der Waals surface area contributed by atoms with E-state index in [1.807, 2.05) is 0 Å². The maximum absolute atomic E-state index is 11.3. The SMILES string of the molecule is O=C1CC(=O)CC(CC2CCOCC2)C1. The molecule has 2 aliphatic rings. The summed E-state index contributed by atoms with van der Waals surface area (Å²) in [6.45, 7) is 1.69. The summed E-state index contributed by atoms with van der Waals surface area (Å²) >= 11 is 0. The van der Waals surface area contributed by atoms with Gasteiger partial charge in [-0.15, -0.1) is 0 Å². The molecule has 0 amide bonds. The van der Waals surface area contributed by atoms with Crippen LogP contribution in [0.5, 0.6) is 0 Å². The van der Waals surface area contributed by atoms with Crippen molar-refractivity contribution in [3.05, 3.63) is 0 Å². The predicted octanol–water partition coefficient (Wildman–Crippen LogP) is 1.74. The molecular formula is C12H18O3. The fraction of sp³-hybridized carbons (Fsp3) is 0.833. The van der Waals surface area contributed by atoms with Gasteiger partial charge in [0.25, 0.3) is 0 Å². The van der Waals surface area contributed by atoms with Gasteiger partial charge in [-0.1, -0.05) is 0 Å². The van der Waals surface area contributed by atoms with Gasteiger partial charge >= 0.3 is 0 Å². The van der Waals surface area contributed by atoms with Crippen LogP contribution in [0.2, 0.25) is 0 Å². The number of rotatable bonds is 2. The van der Waals surface area contributed by atoms with Gasteiger partial charge in [-0.3, -0.25) is 9.59 Å². The predicted molar refractivity (Wildman–Crippen MR) is 55.5 cm³/mol. The molecule has 1 aliphatic carbocycles. The lowest BCUT2D eigenvalue weighted by atomic mass is 9.79. The lowest BCUT2D eigenvalue weighted by molar-refractivity contribution is -0.131. The second-order valence-electron chi connectivity index (χ2n) is 4.82. The van der Waals surface area contributed by atoms with Gasteiger partial charge in [0.05, 0.1) is 6.42 Å². The van der Waals surface area contributed by atoms with Gasteiger partial charge in [0.15, 0.2) is 0 Å². The molecular weight excluding hydrogens is 192 g/mol. The fourth-order valence-corrected chi connectivity index (χ4v) is 2.70. The minimum Gasteiger partial charge on any atom is -0.381 e. The number of hydrogen-bond acceptors (Lipinski definition) is 3. The molecule has 0 spiro atoms. The Morgan fingerprint density at radius 2 is 1.60 bits per heavy atom. The molecule has 84 valence electrons. The zero-order valence-corrected chi connectivity index (χ0v) is 9.04. The highest BCUT2D eigenvalue weighted by Crippen LogP contribution is 2.29. The summed E-state index contributed by atoms with van der Waals surface area (Å²) in [5.41, 5.74) is 0. The zero-order chi connectivity index (χ0) is 10.7. The van der Waals surface area contributed by atoms with Crippen molar-refractivity contribution < 1.29 is 14.3 Å². The summed E-state index contributed by atoms with van der Waals surface area (Å²) in [6, 6.07) is 0. The van der Waals surface area contributed by atoms with Crippen LogP contribution in [-0.4, -0.2) is 24.8 Å². The third-order valence-corrected chi connectivity index (χ3v) is 3.43. The highest BCUT2D eigenvalue weighted by Gasteiger charge is 2.28. The first-order chi connectivity index (χ1) is 7.24. The van der Waals surface area contributed by atoms with Gasteiger partial charge in [-0.05, 0) is 31.1 Å². The maximum Gasteiger partial charge on any atom is 0.140 e. The van der Waals surface area contributed by atoms with E-state index in [1.54, 1.807) is 0 Å². The van der Waals surface area contributed by atoms with E-state index in [0.717, 1.165) is 32.5 Å². The fourth-order valence-electron chi connectivity index (χ4n) is 2.70. The Morgan fingerprint density at radius 3 is 2.20 bits per heavy atom. The molecule has 0 bridgehead atoms. The molecule has 1 saturated heterocycles. The smallest absolute Gasteiger partial charge is 0.140 e. The number of Topliss-reactive ketones (excluding diaryl/α,β-unsaturated/α-hetero) is 2. The largest absolute Gasteiger partial charge is 0.381 e. The van der Waals surface area contributed by atoms with Crippen LogP contribution in [0.3, 0.4) is 0 Å². The Bertz CT molecular complexity index is 238. The van der Waals surface area contributed by atoms with Crippen molar-refractivity contribution in [3.8, 4) is 0 Å². The monoisotopic (exact) mass is 210 g/mol. The molecule has 0 aromatic rings. The van der Waals surface area contributed by atoms with Crippen LogP contribution < -0.4 is 0 Å². The molecule has 2 fully saturated rings. The zero-order valence-electron chi connectivity index (χ0n) is 9.04. The van der Waals surface area contributed by atoms with Gasteiger partial charge in [0, 0.05) is 26.1 Å². The summed E-state index contributed by atoms with van der Waals surface area (Å²) in [5.74, 6) is 1.27. The average molecular weight is 210 g/mol. The summed E-state index contributed by atoms with van der Waals surface area (Å²) in [5, 5.41) is 0. The minimum absolute atomic E-state index is 0.142. The van der Waals surface area contributed by atoms with Crippen molar-refractivity contribution in [3.63, 3.8) is 0 Å². The molecule has 3 heteroatoms. The summed E-state index contributed by atoms with van der Waals surface area (Å²) in [4.78, 5) is 22.6. The number of ketones is 2. The molecule has 2 rings (SSSR count). The standard InChI is InChI=1S/C12H18O3/c13-11-6-10(7-12(14)8-11)5-9-1-3-15-4-2-9/h9-10H,1-8H2. The molecule has 0 radical (unpaired) electrons.